The normalized spacial score (nSPS) is 14.8. The standard InChI is InChI=1S/C13H16N2O5/c1-18-12(16)10-7-9(15-3-5-20-6-4-15)8-11(14-10)13(17)19-2/h7-8H,3-6H2,1-2H3. The van der Waals surface area contributed by atoms with Crippen LogP contribution in [0.1, 0.15) is 21.0 Å². The van der Waals surface area contributed by atoms with E-state index in [-0.39, 0.29) is 11.4 Å². The zero-order valence-electron chi connectivity index (χ0n) is 11.4. The molecule has 108 valence electrons. The zero-order valence-corrected chi connectivity index (χ0v) is 11.4. The molecule has 1 aliphatic heterocycles. The van der Waals surface area contributed by atoms with Crippen LogP contribution in [0.3, 0.4) is 0 Å². The maximum atomic E-state index is 11.6. The maximum absolute atomic E-state index is 11.6. The van der Waals surface area contributed by atoms with E-state index in [0.29, 0.717) is 26.3 Å². The highest BCUT2D eigenvalue weighted by Crippen LogP contribution is 2.19. The number of anilines is 1. The quantitative estimate of drug-likeness (QED) is 0.746. The molecule has 0 N–H and O–H groups in total. The molecule has 1 fully saturated rings. The van der Waals surface area contributed by atoms with E-state index in [1.165, 1.54) is 14.2 Å². The number of aromatic nitrogens is 1. The van der Waals surface area contributed by atoms with E-state index in [4.69, 9.17) is 4.74 Å². The lowest BCUT2D eigenvalue weighted by atomic mass is 10.2. The molecule has 1 aromatic heterocycles. The average molecular weight is 280 g/mol. The molecule has 0 unspecified atom stereocenters. The molecule has 7 heteroatoms. The number of hydrogen-bond donors (Lipinski definition) is 0. The molecule has 0 saturated carbocycles. The van der Waals surface area contributed by atoms with Crippen molar-refractivity contribution in [2.45, 2.75) is 0 Å². The van der Waals surface area contributed by atoms with Crippen LogP contribution < -0.4 is 4.90 Å². The van der Waals surface area contributed by atoms with Crippen LogP contribution in [0.15, 0.2) is 12.1 Å². The predicted octanol–water partition coefficient (Wildman–Crippen LogP) is 0.491. The Morgan fingerprint density at radius 1 is 1.10 bits per heavy atom. The molecule has 1 aromatic rings. The van der Waals surface area contributed by atoms with Gasteiger partial charge in [0, 0.05) is 18.8 Å². The number of hydrogen-bond acceptors (Lipinski definition) is 7. The van der Waals surface area contributed by atoms with Crippen molar-refractivity contribution in [2.75, 3.05) is 45.4 Å². The molecule has 0 amide bonds. The summed E-state index contributed by atoms with van der Waals surface area (Å²) in [5.74, 6) is -1.18. The van der Waals surface area contributed by atoms with Gasteiger partial charge < -0.3 is 19.1 Å². The molecule has 2 heterocycles. The number of carbonyl (C=O) groups is 2. The van der Waals surface area contributed by atoms with E-state index in [0.717, 1.165) is 5.69 Å². The molecule has 7 nitrogen and oxygen atoms in total. The van der Waals surface area contributed by atoms with Crippen molar-refractivity contribution in [1.29, 1.82) is 0 Å². The van der Waals surface area contributed by atoms with E-state index < -0.39 is 11.9 Å². The number of morpholine rings is 1. The lowest BCUT2D eigenvalue weighted by molar-refractivity contribution is 0.0586. The summed E-state index contributed by atoms with van der Waals surface area (Å²) in [6.07, 6.45) is 0. The molecule has 1 saturated heterocycles. The van der Waals surface area contributed by atoms with E-state index >= 15 is 0 Å². The molecule has 1 aliphatic rings. The third-order valence-electron chi connectivity index (χ3n) is 2.98. The highest BCUT2D eigenvalue weighted by atomic mass is 16.5. The minimum atomic E-state index is -0.592. The van der Waals surface area contributed by atoms with Crippen molar-refractivity contribution in [3.8, 4) is 0 Å². The van der Waals surface area contributed by atoms with Crippen molar-refractivity contribution in [1.82, 2.24) is 4.98 Å². The Labute approximate surface area is 116 Å². The molecular formula is C13H16N2O5. The summed E-state index contributed by atoms with van der Waals surface area (Å²) in [6, 6.07) is 3.20. The van der Waals surface area contributed by atoms with Crippen LogP contribution >= 0.6 is 0 Å². The van der Waals surface area contributed by atoms with Crippen LogP contribution in [-0.4, -0.2) is 57.4 Å². The summed E-state index contributed by atoms with van der Waals surface area (Å²) < 4.78 is 14.6. The van der Waals surface area contributed by atoms with Gasteiger partial charge in [0.05, 0.1) is 27.4 Å². The van der Waals surface area contributed by atoms with E-state index in [1.807, 2.05) is 4.90 Å². The lowest BCUT2D eigenvalue weighted by Crippen LogP contribution is -2.36. The zero-order chi connectivity index (χ0) is 14.5. The smallest absolute Gasteiger partial charge is 0.356 e. The molecule has 0 atom stereocenters. The van der Waals surface area contributed by atoms with Crippen molar-refractivity contribution in [3.63, 3.8) is 0 Å². The third-order valence-corrected chi connectivity index (χ3v) is 2.98. The summed E-state index contributed by atoms with van der Waals surface area (Å²) in [7, 11) is 2.53. The van der Waals surface area contributed by atoms with Gasteiger partial charge in [0.15, 0.2) is 11.4 Å². The van der Waals surface area contributed by atoms with Crippen LogP contribution in [0.2, 0.25) is 0 Å². The van der Waals surface area contributed by atoms with Crippen LogP contribution in [0.25, 0.3) is 0 Å². The van der Waals surface area contributed by atoms with E-state index in [1.54, 1.807) is 12.1 Å². The second kappa shape index (κ2) is 6.33. The van der Waals surface area contributed by atoms with Crippen molar-refractivity contribution < 1.29 is 23.8 Å². The van der Waals surface area contributed by atoms with Crippen molar-refractivity contribution in [2.24, 2.45) is 0 Å². The summed E-state index contributed by atoms with van der Waals surface area (Å²) in [5, 5.41) is 0. The fraction of sp³-hybridized carbons (Fsp3) is 0.462. The number of carbonyl (C=O) groups excluding carboxylic acids is 2. The van der Waals surface area contributed by atoms with Gasteiger partial charge in [0.1, 0.15) is 0 Å². The molecule has 2 rings (SSSR count). The number of methoxy groups -OCH3 is 2. The minimum absolute atomic E-state index is 0.0805. The van der Waals surface area contributed by atoms with E-state index in [2.05, 4.69) is 14.5 Å². The second-order valence-electron chi connectivity index (χ2n) is 4.18. The predicted molar refractivity (Wildman–Crippen MR) is 69.9 cm³/mol. The number of nitrogens with zero attached hydrogens (tertiary/aromatic N) is 2. The molecule has 0 radical (unpaired) electrons. The molecule has 0 aliphatic carbocycles. The molecule has 20 heavy (non-hydrogen) atoms. The van der Waals surface area contributed by atoms with Gasteiger partial charge in [-0.15, -0.1) is 0 Å². The Balaban J connectivity index is 2.38. The fourth-order valence-corrected chi connectivity index (χ4v) is 1.94. The van der Waals surface area contributed by atoms with Gasteiger partial charge in [-0.1, -0.05) is 0 Å². The monoisotopic (exact) mass is 280 g/mol. The lowest BCUT2D eigenvalue weighted by Gasteiger charge is -2.29. The fourth-order valence-electron chi connectivity index (χ4n) is 1.94. The average Bonchev–Trinajstić information content (AvgIpc) is 2.53. The highest BCUT2D eigenvalue weighted by Gasteiger charge is 2.19. The Bertz CT molecular complexity index is 477. The SMILES string of the molecule is COC(=O)c1cc(N2CCOCC2)cc(C(=O)OC)n1. The largest absolute Gasteiger partial charge is 0.464 e. The number of rotatable bonds is 3. The number of pyridine rings is 1. The third kappa shape index (κ3) is 3.05. The van der Waals surface area contributed by atoms with Gasteiger partial charge in [0.2, 0.25) is 0 Å². The molecule has 0 bridgehead atoms. The minimum Gasteiger partial charge on any atom is -0.464 e. The molecular weight excluding hydrogens is 264 g/mol. The first-order valence-electron chi connectivity index (χ1n) is 6.17. The second-order valence-corrected chi connectivity index (χ2v) is 4.18. The first kappa shape index (κ1) is 14.3. The first-order valence-corrected chi connectivity index (χ1v) is 6.17. The molecule has 0 aromatic carbocycles. The van der Waals surface area contributed by atoms with Gasteiger partial charge >= 0.3 is 11.9 Å². The Morgan fingerprint density at radius 3 is 2.05 bits per heavy atom. The maximum Gasteiger partial charge on any atom is 0.356 e. The molecule has 0 spiro atoms. The highest BCUT2D eigenvalue weighted by molar-refractivity contribution is 5.93. The van der Waals surface area contributed by atoms with Crippen molar-refractivity contribution in [3.05, 3.63) is 23.5 Å². The Hall–Kier alpha value is -2.15. The number of ether oxygens (including phenoxy) is 3. The topological polar surface area (TPSA) is 78.0 Å². The van der Waals surface area contributed by atoms with E-state index in [9.17, 15) is 9.59 Å². The first-order chi connectivity index (χ1) is 9.65. The Kier molecular flexibility index (Phi) is 4.52. The summed E-state index contributed by atoms with van der Waals surface area (Å²) in [4.78, 5) is 29.2. The van der Waals surface area contributed by atoms with Crippen LogP contribution in [0.5, 0.6) is 0 Å². The van der Waals surface area contributed by atoms with Gasteiger partial charge in [-0.3, -0.25) is 0 Å². The van der Waals surface area contributed by atoms with Gasteiger partial charge in [-0.2, -0.15) is 0 Å². The van der Waals surface area contributed by atoms with Gasteiger partial charge in [-0.25, -0.2) is 14.6 Å². The number of esters is 2. The summed E-state index contributed by atoms with van der Waals surface area (Å²) in [6.45, 7) is 2.57. The van der Waals surface area contributed by atoms with Crippen LogP contribution in [0.4, 0.5) is 5.69 Å². The summed E-state index contributed by atoms with van der Waals surface area (Å²) >= 11 is 0. The Morgan fingerprint density at radius 2 is 1.60 bits per heavy atom. The van der Waals surface area contributed by atoms with Gasteiger partial charge in [-0.05, 0) is 12.1 Å². The van der Waals surface area contributed by atoms with Gasteiger partial charge in [0.25, 0.3) is 0 Å². The van der Waals surface area contributed by atoms with Crippen molar-refractivity contribution >= 4 is 17.6 Å². The summed E-state index contributed by atoms with van der Waals surface area (Å²) in [5.41, 5.74) is 0.887. The van der Waals surface area contributed by atoms with Crippen LogP contribution in [0, 0.1) is 0 Å². The van der Waals surface area contributed by atoms with Crippen LogP contribution in [-0.2, 0) is 14.2 Å².